The van der Waals surface area contributed by atoms with Crippen molar-refractivity contribution in [1.29, 1.82) is 0 Å². The number of nitrogens with zero attached hydrogens (tertiary/aromatic N) is 4. The summed E-state index contributed by atoms with van der Waals surface area (Å²) in [6.45, 7) is 26.7. The molecule has 3 fully saturated rings. The summed E-state index contributed by atoms with van der Waals surface area (Å²) in [5, 5.41) is 6.20. The summed E-state index contributed by atoms with van der Waals surface area (Å²) in [6, 6.07) is -0.619. The SMILES string of the molecule is CCCCN(CCNC(=O)[C@H](N)Cc1cnc[nH]1)CCN(CCNC(=O)OC1CC[C@@]2(C)C(=CCC3C4CCC([C@@H](C)CCCC(C)C)[C@@]4(C)CCC32)C1)CCN(CCC)CCN. The molecule has 4 aliphatic rings. The minimum atomic E-state index is -0.619. The Morgan fingerprint density at radius 1 is 0.857 bits per heavy atom. The van der Waals surface area contributed by atoms with E-state index in [1.54, 1.807) is 18.1 Å². The number of hydrogen-bond donors (Lipinski definition) is 5. The molecule has 0 bridgehead atoms. The first-order valence-corrected chi connectivity index (χ1v) is 25.8. The highest BCUT2D eigenvalue weighted by Gasteiger charge is 2.59. The Labute approximate surface area is 383 Å². The zero-order chi connectivity index (χ0) is 45.4. The summed E-state index contributed by atoms with van der Waals surface area (Å²) >= 11 is 0. The van der Waals surface area contributed by atoms with Gasteiger partial charge in [-0.15, -0.1) is 0 Å². The number of aromatic amines is 1. The summed E-state index contributed by atoms with van der Waals surface area (Å²) in [5.74, 6) is 4.80. The number of carbonyl (C=O) groups is 2. The summed E-state index contributed by atoms with van der Waals surface area (Å²) in [4.78, 5) is 40.5. The molecule has 5 rings (SSSR count). The highest BCUT2D eigenvalue weighted by atomic mass is 16.6. The lowest BCUT2D eigenvalue weighted by Gasteiger charge is -2.58. The van der Waals surface area contributed by atoms with Crippen molar-refractivity contribution >= 4 is 12.0 Å². The van der Waals surface area contributed by atoms with E-state index in [-0.39, 0.29) is 23.5 Å². The number of carbonyl (C=O) groups excluding carboxylic acids is 2. The number of imidazole rings is 1. The number of alkyl carbamates (subject to hydrolysis) is 1. The van der Waals surface area contributed by atoms with Gasteiger partial charge >= 0.3 is 6.09 Å². The van der Waals surface area contributed by atoms with Crippen LogP contribution in [-0.4, -0.2) is 127 Å². The summed E-state index contributed by atoms with van der Waals surface area (Å²) in [6.07, 6.45) is 23.2. The van der Waals surface area contributed by atoms with Gasteiger partial charge in [-0.2, -0.15) is 0 Å². The molecule has 7 N–H and O–H groups in total. The van der Waals surface area contributed by atoms with Gasteiger partial charge in [0.25, 0.3) is 0 Å². The van der Waals surface area contributed by atoms with E-state index in [4.69, 9.17) is 16.2 Å². The number of H-pyrrole nitrogens is 1. The molecule has 0 aromatic carbocycles. The van der Waals surface area contributed by atoms with Gasteiger partial charge in [-0.05, 0) is 117 Å². The fourth-order valence-corrected chi connectivity index (χ4v) is 12.9. The molecule has 1 aromatic heterocycles. The molecular formula is C51H93N9O3. The van der Waals surface area contributed by atoms with Crippen molar-refractivity contribution in [3.8, 4) is 0 Å². The van der Waals surface area contributed by atoms with Crippen LogP contribution in [-0.2, 0) is 16.0 Å². The van der Waals surface area contributed by atoms with E-state index in [0.29, 0.717) is 31.5 Å². The number of rotatable bonds is 28. The predicted octanol–water partition coefficient (Wildman–Crippen LogP) is 7.61. The second-order valence-corrected chi connectivity index (χ2v) is 21.3. The highest BCUT2D eigenvalue weighted by molar-refractivity contribution is 5.81. The highest BCUT2D eigenvalue weighted by Crippen LogP contribution is 2.67. The molecule has 4 aliphatic carbocycles. The van der Waals surface area contributed by atoms with Gasteiger partial charge in [0.05, 0.1) is 12.4 Å². The van der Waals surface area contributed by atoms with Gasteiger partial charge in [0.2, 0.25) is 5.91 Å². The Hall–Kier alpha value is -2.51. The number of amides is 2. The van der Waals surface area contributed by atoms with Crippen LogP contribution >= 0.6 is 0 Å². The molecule has 5 unspecified atom stereocenters. The van der Waals surface area contributed by atoms with Crippen LogP contribution in [0.4, 0.5) is 4.79 Å². The van der Waals surface area contributed by atoms with E-state index < -0.39 is 6.04 Å². The Morgan fingerprint density at radius 2 is 1.57 bits per heavy atom. The van der Waals surface area contributed by atoms with E-state index in [9.17, 15) is 9.59 Å². The molecule has 360 valence electrons. The van der Waals surface area contributed by atoms with Crippen molar-refractivity contribution < 1.29 is 14.3 Å². The number of fused-ring (bicyclic) bond motifs is 5. The maximum Gasteiger partial charge on any atom is 0.407 e. The van der Waals surface area contributed by atoms with E-state index in [2.05, 4.69) is 89.8 Å². The average Bonchev–Trinajstić information content (AvgIpc) is 3.90. The van der Waals surface area contributed by atoms with Crippen molar-refractivity contribution in [1.82, 2.24) is 35.3 Å². The molecular weight excluding hydrogens is 787 g/mol. The first kappa shape index (κ1) is 51.5. The minimum absolute atomic E-state index is 0.0557. The van der Waals surface area contributed by atoms with Gasteiger partial charge in [0.1, 0.15) is 6.10 Å². The number of nitrogens with one attached hydrogen (secondary N) is 3. The number of unbranched alkanes of at least 4 members (excludes halogenated alkanes) is 1. The molecule has 2 amide bonds. The Morgan fingerprint density at radius 3 is 2.24 bits per heavy atom. The van der Waals surface area contributed by atoms with Crippen molar-refractivity contribution in [2.45, 2.75) is 157 Å². The molecule has 9 atom stereocenters. The average molecular weight is 880 g/mol. The number of ether oxygens (including phenoxy) is 1. The number of aromatic nitrogens is 2. The maximum atomic E-state index is 13.4. The molecule has 63 heavy (non-hydrogen) atoms. The van der Waals surface area contributed by atoms with Crippen LogP contribution in [0, 0.1) is 46.3 Å². The van der Waals surface area contributed by atoms with Crippen LogP contribution in [0.5, 0.6) is 0 Å². The van der Waals surface area contributed by atoms with Gasteiger partial charge < -0.3 is 41.6 Å². The number of nitrogens with two attached hydrogens (primary N) is 2. The molecule has 1 aromatic rings. The summed E-state index contributed by atoms with van der Waals surface area (Å²) in [7, 11) is 0. The van der Waals surface area contributed by atoms with E-state index in [1.807, 2.05) is 0 Å². The molecule has 0 radical (unpaired) electrons. The van der Waals surface area contributed by atoms with Gasteiger partial charge in [-0.25, -0.2) is 9.78 Å². The zero-order valence-electron chi connectivity index (χ0n) is 41.1. The van der Waals surface area contributed by atoms with Crippen LogP contribution in [0.2, 0.25) is 0 Å². The smallest absolute Gasteiger partial charge is 0.407 e. The second-order valence-electron chi connectivity index (χ2n) is 21.3. The summed E-state index contributed by atoms with van der Waals surface area (Å²) in [5.41, 5.74) is 15.3. The van der Waals surface area contributed by atoms with Gasteiger partial charge in [-0.3, -0.25) is 9.69 Å². The topological polar surface area (TPSA) is 158 Å². The van der Waals surface area contributed by atoms with E-state index in [1.165, 1.54) is 51.4 Å². The lowest BCUT2D eigenvalue weighted by Crippen LogP contribution is -2.51. The van der Waals surface area contributed by atoms with Gasteiger partial charge in [0.15, 0.2) is 0 Å². The van der Waals surface area contributed by atoms with Gasteiger partial charge in [0, 0.05) is 90.2 Å². The number of allylic oxidation sites excluding steroid dienone is 1. The first-order chi connectivity index (χ1) is 30.3. The second kappa shape index (κ2) is 25.4. The Kier molecular flexibility index (Phi) is 20.8. The first-order valence-electron chi connectivity index (χ1n) is 25.8. The molecule has 12 heteroatoms. The quantitative estimate of drug-likeness (QED) is 0.0535. The third-order valence-corrected chi connectivity index (χ3v) is 16.6. The molecule has 12 nitrogen and oxygen atoms in total. The van der Waals surface area contributed by atoms with Crippen molar-refractivity contribution in [3.05, 3.63) is 29.9 Å². The van der Waals surface area contributed by atoms with Crippen LogP contribution in [0.3, 0.4) is 0 Å². The predicted molar refractivity (Wildman–Crippen MR) is 258 cm³/mol. The third-order valence-electron chi connectivity index (χ3n) is 16.6. The maximum absolute atomic E-state index is 13.4. The molecule has 0 spiro atoms. The van der Waals surface area contributed by atoms with E-state index in [0.717, 1.165) is 139 Å². The van der Waals surface area contributed by atoms with Crippen LogP contribution < -0.4 is 22.1 Å². The Balaban J connectivity index is 1.10. The van der Waals surface area contributed by atoms with Crippen molar-refractivity contribution in [2.75, 3.05) is 78.5 Å². The standard InChI is InChI=1S/C51H93N9O3/c1-8-10-26-59(28-23-55-48(61)47(53)35-41-36-54-37-57-41)31-33-60(32-30-58(25-9-2)27-22-52)29-24-56-49(62)63-42-18-20-50(6)40(34-42)14-15-43-45-17-16-44(39(5)13-11-12-38(3)4)51(45,7)21-19-46(43)50/h14,36-39,42-47H,8-13,15-35,52-53H2,1-7H3,(H,54,57)(H,55,61)(H,56,62)/t39-,42?,43?,44?,45?,46?,47+,50-,51+/m0/s1. The normalized spacial score (nSPS) is 27.8. The lowest BCUT2D eigenvalue weighted by atomic mass is 9.47. The monoisotopic (exact) mass is 880 g/mol. The molecule has 0 saturated heterocycles. The van der Waals surface area contributed by atoms with Crippen LogP contribution in [0.25, 0.3) is 0 Å². The molecule has 3 saturated carbocycles. The molecule has 1 heterocycles. The Bertz CT molecular complexity index is 1520. The van der Waals surface area contributed by atoms with Gasteiger partial charge in [-0.1, -0.05) is 85.8 Å². The van der Waals surface area contributed by atoms with Crippen molar-refractivity contribution in [3.63, 3.8) is 0 Å². The molecule has 0 aliphatic heterocycles. The summed E-state index contributed by atoms with van der Waals surface area (Å²) < 4.78 is 6.20. The van der Waals surface area contributed by atoms with Crippen LogP contribution in [0.15, 0.2) is 24.2 Å². The fourth-order valence-electron chi connectivity index (χ4n) is 12.9. The minimum Gasteiger partial charge on any atom is -0.446 e. The zero-order valence-corrected chi connectivity index (χ0v) is 41.1. The fraction of sp³-hybridized carbons (Fsp3) is 0.863. The van der Waals surface area contributed by atoms with Crippen molar-refractivity contribution in [2.24, 2.45) is 57.8 Å². The van der Waals surface area contributed by atoms with Crippen LogP contribution in [0.1, 0.15) is 144 Å². The number of hydrogen-bond acceptors (Lipinski definition) is 9. The van der Waals surface area contributed by atoms with E-state index >= 15 is 0 Å². The largest absolute Gasteiger partial charge is 0.446 e. The third kappa shape index (κ3) is 14.5. The lowest BCUT2D eigenvalue weighted by molar-refractivity contribution is -0.122.